The average molecular weight is 544 g/mol. The van der Waals surface area contributed by atoms with Gasteiger partial charge in [-0.3, -0.25) is 4.79 Å². The Kier molecular flexibility index (Phi) is 8.52. The highest BCUT2D eigenvalue weighted by molar-refractivity contribution is 5.97. The largest absolute Gasteiger partial charge is 0.460 e. The van der Waals surface area contributed by atoms with E-state index in [1.54, 1.807) is 32.9 Å². The maximum Gasteiger partial charge on any atom is 0.407 e. The van der Waals surface area contributed by atoms with Crippen molar-refractivity contribution >= 4 is 23.9 Å². The third-order valence-corrected chi connectivity index (χ3v) is 6.29. The van der Waals surface area contributed by atoms with Crippen LogP contribution in [0.1, 0.15) is 55.4 Å². The molecule has 3 aromatic carbocycles. The number of fused-ring (bicyclic) bond motifs is 3. The zero-order valence-corrected chi connectivity index (χ0v) is 23.0. The highest BCUT2D eigenvalue weighted by Crippen LogP contribution is 2.44. The number of nitrogens with one attached hydrogen (secondary N) is 1. The summed E-state index contributed by atoms with van der Waals surface area (Å²) in [6.07, 6.45) is -1.37. The number of nitrogens with two attached hydrogens (primary N) is 1. The molecule has 0 bridgehead atoms. The molecule has 0 spiro atoms. The lowest BCUT2D eigenvalue weighted by molar-refractivity contribution is -0.159. The standard InChI is InChI=1S/C31H33N3O6/c1-19-13-15-20(16-14-19)28(32)34-40-29(36)26(17-27(35)39-31(2,3)4)33-30(37)38-18-25-23-11-7-5-9-21(23)22-10-6-8-12-24(22)25/h5-16,25-26H,17-18H2,1-4H3,(H2,32,34)(H,33,37)/t26-/m0/s1. The lowest BCUT2D eigenvalue weighted by Gasteiger charge is -2.22. The van der Waals surface area contributed by atoms with Crippen LogP contribution in [0.3, 0.4) is 0 Å². The van der Waals surface area contributed by atoms with E-state index in [0.717, 1.165) is 27.8 Å². The third kappa shape index (κ3) is 7.05. The number of rotatable bonds is 8. The topological polar surface area (TPSA) is 129 Å². The second-order valence-electron chi connectivity index (χ2n) is 10.6. The molecule has 9 heteroatoms. The fourth-order valence-electron chi connectivity index (χ4n) is 4.46. The van der Waals surface area contributed by atoms with Crippen molar-refractivity contribution in [3.05, 3.63) is 95.1 Å². The Morgan fingerprint density at radius 2 is 1.50 bits per heavy atom. The van der Waals surface area contributed by atoms with E-state index in [1.807, 2.05) is 67.6 Å². The van der Waals surface area contributed by atoms with E-state index < -0.39 is 36.1 Å². The molecule has 40 heavy (non-hydrogen) atoms. The minimum atomic E-state index is -1.42. The zero-order valence-electron chi connectivity index (χ0n) is 23.0. The molecule has 0 aromatic heterocycles. The van der Waals surface area contributed by atoms with Crippen LogP contribution in [-0.4, -0.2) is 42.1 Å². The molecule has 0 unspecified atom stereocenters. The maximum atomic E-state index is 12.9. The van der Waals surface area contributed by atoms with Crippen molar-refractivity contribution < 1.29 is 28.7 Å². The van der Waals surface area contributed by atoms with Gasteiger partial charge in [0.1, 0.15) is 18.2 Å². The first kappa shape index (κ1) is 28.4. The fraction of sp³-hybridized carbons (Fsp3) is 0.290. The average Bonchev–Trinajstić information content (AvgIpc) is 3.23. The number of hydrogen-bond donors (Lipinski definition) is 2. The van der Waals surface area contributed by atoms with Crippen molar-refractivity contribution in [2.24, 2.45) is 10.9 Å². The molecule has 208 valence electrons. The van der Waals surface area contributed by atoms with Crippen LogP contribution in [0.5, 0.6) is 0 Å². The highest BCUT2D eigenvalue weighted by Gasteiger charge is 2.32. The molecular formula is C31H33N3O6. The molecule has 0 heterocycles. The number of oxime groups is 1. The van der Waals surface area contributed by atoms with Crippen molar-refractivity contribution in [3.63, 3.8) is 0 Å². The number of carbonyl (C=O) groups is 3. The van der Waals surface area contributed by atoms with Crippen LogP contribution in [-0.2, 0) is 23.9 Å². The number of amidine groups is 1. The molecule has 4 rings (SSSR count). The summed E-state index contributed by atoms with van der Waals surface area (Å²) in [4.78, 5) is 43.2. The van der Waals surface area contributed by atoms with Crippen molar-refractivity contribution in [3.8, 4) is 11.1 Å². The minimum absolute atomic E-state index is 0.0343. The van der Waals surface area contributed by atoms with Crippen LogP contribution in [0, 0.1) is 6.92 Å². The molecule has 0 saturated carbocycles. The number of hydrogen-bond acceptors (Lipinski definition) is 7. The van der Waals surface area contributed by atoms with Crippen molar-refractivity contribution in [2.45, 2.75) is 51.7 Å². The van der Waals surface area contributed by atoms with E-state index in [1.165, 1.54) is 0 Å². The second kappa shape index (κ2) is 12.0. The second-order valence-corrected chi connectivity index (χ2v) is 10.6. The quantitative estimate of drug-likeness (QED) is 0.137. The van der Waals surface area contributed by atoms with Crippen LogP contribution in [0.4, 0.5) is 4.79 Å². The molecular weight excluding hydrogens is 510 g/mol. The molecule has 3 N–H and O–H groups in total. The summed E-state index contributed by atoms with van der Waals surface area (Å²) in [5, 5.41) is 6.12. The summed E-state index contributed by atoms with van der Waals surface area (Å²) in [6, 6.07) is 21.6. The van der Waals surface area contributed by atoms with Crippen LogP contribution < -0.4 is 11.1 Å². The van der Waals surface area contributed by atoms with Crippen LogP contribution in [0.25, 0.3) is 11.1 Å². The zero-order chi connectivity index (χ0) is 28.9. The summed E-state index contributed by atoms with van der Waals surface area (Å²) >= 11 is 0. The van der Waals surface area contributed by atoms with Crippen LogP contribution >= 0.6 is 0 Å². The van der Waals surface area contributed by atoms with E-state index in [2.05, 4.69) is 10.5 Å². The Labute approximate surface area is 233 Å². The van der Waals surface area contributed by atoms with Crippen LogP contribution in [0.15, 0.2) is 78.0 Å². The molecule has 0 fully saturated rings. The predicted molar refractivity (Wildman–Crippen MR) is 150 cm³/mol. The van der Waals surface area contributed by atoms with Gasteiger partial charge in [-0.15, -0.1) is 0 Å². The fourth-order valence-corrected chi connectivity index (χ4v) is 4.46. The number of benzene rings is 3. The number of aryl methyl sites for hydroxylation is 1. The Bertz CT molecular complexity index is 1380. The lowest BCUT2D eigenvalue weighted by Crippen LogP contribution is -2.44. The van der Waals surface area contributed by atoms with Gasteiger partial charge in [-0.2, -0.15) is 0 Å². The van der Waals surface area contributed by atoms with Crippen molar-refractivity contribution in [1.29, 1.82) is 0 Å². The van der Waals surface area contributed by atoms with Crippen molar-refractivity contribution in [1.82, 2.24) is 5.32 Å². The monoisotopic (exact) mass is 543 g/mol. The molecule has 0 saturated heterocycles. The molecule has 0 aliphatic heterocycles. The number of esters is 1. The molecule has 1 aliphatic rings. The molecule has 1 amide bonds. The van der Waals surface area contributed by atoms with Gasteiger partial charge in [0.05, 0.1) is 6.42 Å². The smallest absolute Gasteiger partial charge is 0.407 e. The van der Waals surface area contributed by atoms with Gasteiger partial charge >= 0.3 is 18.0 Å². The van der Waals surface area contributed by atoms with Gasteiger partial charge < -0.3 is 25.4 Å². The Balaban J connectivity index is 1.44. The summed E-state index contributed by atoms with van der Waals surface area (Å²) in [5.41, 5.74) is 11.0. The van der Waals surface area contributed by atoms with Gasteiger partial charge in [0, 0.05) is 11.5 Å². The number of alkyl carbamates (subject to hydrolysis) is 1. The van der Waals surface area contributed by atoms with Crippen LogP contribution in [0.2, 0.25) is 0 Å². The number of amides is 1. The maximum absolute atomic E-state index is 12.9. The Hall–Kier alpha value is -4.66. The third-order valence-electron chi connectivity index (χ3n) is 6.29. The predicted octanol–water partition coefficient (Wildman–Crippen LogP) is 4.80. The first-order chi connectivity index (χ1) is 19.0. The first-order valence-electron chi connectivity index (χ1n) is 13.0. The van der Waals surface area contributed by atoms with E-state index in [9.17, 15) is 14.4 Å². The lowest BCUT2D eigenvalue weighted by atomic mass is 9.98. The summed E-state index contributed by atoms with van der Waals surface area (Å²) in [6.45, 7) is 7.05. The number of ether oxygens (including phenoxy) is 2. The van der Waals surface area contributed by atoms with E-state index >= 15 is 0 Å². The molecule has 3 aromatic rings. The Morgan fingerprint density at radius 1 is 0.925 bits per heavy atom. The van der Waals surface area contributed by atoms with E-state index in [-0.39, 0.29) is 18.4 Å². The van der Waals surface area contributed by atoms with E-state index in [0.29, 0.717) is 5.56 Å². The molecule has 1 atom stereocenters. The van der Waals surface area contributed by atoms with Gasteiger partial charge in [-0.25, -0.2) is 9.59 Å². The Morgan fingerprint density at radius 3 is 2.08 bits per heavy atom. The van der Waals surface area contributed by atoms with Gasteiger partial charge in [0.15, 0.2) is 5.84 Å². The summed E-state index contributed by atoms with van der Waals surface area (Å²) in [5.74, 6) is -1.91. The minimum Gasteiger partial charge on any atom is -0.460 e. The normalized spacial score (nSPS) is 13.6. The first-order valence-corrected chi connectivity index (χ1v) is 13.0. The number of carbonyl (C=O) groups excluding carboxylic acids is 3. The summed E-state index contributed by atoms with van der Waals surface area (Å²) in [7, 11) is 0. The molecule has 1 aliphatic carbocycles. The van der Waals surface area contributed by atoms with Gasteiger partial charge in [0.2, 0.25) is 0 Å². The van der Waals surface area contributed by atoms with Gasteiger partial charge in [-0.05, 0) is 49.9 Å². The van der Waals surface area contributed by atoms with Gasteiger partial charge in [0.25, 0.3) is 0 Å². The van der Waals surface area contributed by atoms with Crippen molar-refractivity contribution in [2.75, 3.05) is 6.61 Å². The summed E-state index contributed by atoms with van der Waals surface area (Å²) < 4.78 is 10.9. The SMILES string of the molecule is Cc1ccc(/C(N)=N\OC(=O)[C@H](CC(=O)OC(C)(C)C)NC(=O)OCC2c3ccccc3-c3ccccc32)cc1. The molecule has 0 radical (unpaired) electrons. The molecule has 9 nitrogen and oxygen atoms in total. The van der Waals surface area contributed by atoms with Gasteiger partial charge in [-0.1, -0.05) is 83.5 Å². The number of nitrogens with zero attached hydrogens (tertiary/aromatic N) is 1. The van der Waals surface area contributed by atoms with E-state index in [4.69, 9.17) is 20.0 Å². The highest BCUT2D eigenvalue weighted by atomic mass is 16.7.